The lowest BCUT2D eigenvalue weighted by molar-refractivity contribution is 0.631. The summed E-state index contributed by atoms with van der Waals surface area (Å²) in [4.78, 5) is 8.36. The molecule has 0 bridgehead atoms. The number of hydrogen-bond acceptors (Lipinski definition) is 4. The third-order valence-electron chi connectivity index (χ3n) is 2.26. The van der Waals surface area contributed by atoms with E-state index < -0.39 is 0 Å². The zero-order chi connectivity index (χ0) is 13.8. The second kappa shape index (κ2) is 6.29. The summed E-state index contributed by atoms with van der Waals surface area (Å²) in [5.41, 5.74) is 0.344. The first kappa shape index (κ1) is 14.2. The molecule has 0 atom stereocenters. The minimum atomic E-state index is -0.348. The number of nitrogens with one attached hydrogen (secondary N) is 2. The van der Waals surface area contributed by atoms with Gasteiger partial charge in [-0.3, -0.25) is 0 Å². The molecule has 2 aromatic rings. The van der Waals surface area contributed by atoms with Crippen LogP contribution >= 0.6 is 31.9 Å². The van der Waals surface area contributed by atoms with Crippen LogP contribution in [0.4, 0.5) is 21.8 Å². The number of halogens is 3. The lowest BCUT2D eigenvalue weighted by atomic mass is 10.3. The number of benzene rings is 1. The molecule has 7 heteroatoms. The van der Waals surface area contributed by atoms with Crippen LogP contribution in [-0.2, 0) is 0 Å². The van der Waals surface area contributed by atoms with E-state index in [9.17, 15) is 4.39 Å². The van der Waals surface area contributed by atoms with Gasteiger partial charge in [0, 0.05) is 17.2 Å². The summed E-state index contributed by atoms with van der Waals surface area (Å²) in [6.07, 6.45) is 1.61. The second-order valence-electron chi connectivity index (χ2n) is 3.67. The van der Waals surface area contributed by atoms with Gasteiger partial charge >= 0.3 is 0 Å². The smallest absolute Gasteiger partial charge is 0.224 e. The van der Waals surface area contributed by atoms with Gasteiger partial charge in [0.1, 0.15) is 11.6 Å². The van der Waals surface area contributed by atoms with E-state index in [2.05, 4.69) is 52.5 Å². The molecule has 0 fully saturated rings. The molecule has 1 aromatic heterocycles. The van der Waals surface area contributed by atoms with Crippen LogP contribution in [0.3, 0.4) is 0 Å². The lowest BCUT2D eigenvalue weighted by Crippen LogP contribution is -2.05. The molecular formula is C12H11Br2FN4. The molecule has 0 saturated carbocycles. The number of hydrogen-bond donors (Lipinski definition) is 2. The van der Waals surface area contributed by atoms with Gasteiger partial charge in [0.2, 0.25) is 5.95 Å². The number of rotatable bonds is 4. The highest BCUT2D eigenvalue weighted by molar-refractivity contribution is 9.10. The Hall–Kier alpha value is -1.21. The van der Waals surface area contributed by atoms with Crippen molar-refractivity contribution in [1.29, 1.82) is 0 Å². The zero-order valence-electron chi connectivity index (χ0n) is 10.0. The Morgan fingerprint density at radius 2 is 2.11 bits per heavy atom. The summed E-state index contributed by atoms with van der Waals surface area (Å²) < 4.78 is 15.1. The van der Waals surface area contributed by atoms with Crippen molar-refractivity contribution in [1.82, 2.24) is 9.97 Å². The van der Waals surface area contributed by atoms with Gasteiger partial charge in [-0.1, -0.05) is 15.9 Å². The highest BCUT2D eigenvalue weighted by Crippen LogP contribution is 2.27. The predicted octanol–water partition coefficient (Wildman–Crippen LogP) is 4.32. The molecule has 0 aliphatic carbocycles. The molecule has 0 amide bonds. The van der Waals surface area contributed by atoms with Crippen molar-refractivity contribution in [2.45, 2.75) is 6.92 Å². The van der Waals surface area contributed by atoms with E-state index >= 15 is 0 Å². The molecule has 0 radical (unpaired) electrons. The Morgan fingerprint density at radius 1 is 1.32 bits per heavy atom. The maximum absolute atomic E-state index is 13.7. The number of aromatic nitrogens is 2. The minimum Gasteiger partial charge on any atom is -0.354 e. The molecule has 2 rings (SSSR count). The van der Waals surface area contributed by atoms with E-state index in [1.165, 1.54) is 6.07 Å². The van der Waals surface area contributed by atoms with Crippen molar-refractivity contribution in [2.24, 2.45) is 0 Å². The molecule has 100 valence electrons. The first-order valence-corrected chi connectivity index (χ1v) is 7.17. The number of anilines is 3. The van der Waals surface area contributed by atoms with Gasteiger partial charge in [0.25, 0.3) is 0 Å². The van der Waals surface area contributed by atoms with Crippen molar-refractivity contribution in [3.05, 3.63) is 39.2 Å². The van der Waals surface area contributed by atoms with Gasteiger partial charge in [0.05, 0.1) is 10.2 Å². The molecule has 0 aliphatic heterocycles. The highest BCUT2D eigenvalue weighted by Gasteiger charge is 2.08. The van der Waals surface area contributed by atoms with Crippen LogP contribution in [0, 0.1) is 5.82 Å². The summed E-state index contributed by atoms with van der Waals surface area (Å²) in [5.74, 6) is 0.644. The fourth-order valence-electron chi connectivity index (χ4n) is 1.42. The monoisotopic (exact) mass is 388 g/mol. The van der Waals surface area contributed by atoms with Crippen molar-refractivity contribution in [3.63, 3.8) is 0 Å². The predicted molar refractivity (Wildman–Crippen MR) is 81.3 cm³/mol. The van der Waals surface area contributed by atoms with Crippen molar-refractivity contribution in [2.75, 3.05) is 17.2 Å². The molecule has 0 saturated heterocycles. The molecule has 4 nitrogen and oxygen atoms in total. The van der Waals surface area contributed by atoms with Crippen molar-refractivity contribution >= 4 is 49.3 Å². The SMILES string of the molecule is CCNc1ncc(Br)c(Nc2cc(Br)ccc2F)n1. The van der Waals surface area contributed by atoms with Crippen LogP contribution in [0.2, 0.25) is 0 Å². The largest absolute Gasteiger partial charge is 0.354 e. The van der Waals surface area contributed by atoms with Crippen LogP contribution in [0.1, 0.15) is 6.92 Å². The Bertz CT molecular complexity index is 592. The summed E-state index contributed by atoms with van der Waals surface area (Å²) >= 11 is 6.64. The van der Waals surface area contributed by atoms with E-state index in [1.807, 2.05) is 6.92 Å². The van der Waals surface area contributed by atoms with Crippen molar-refractivity contribution < 1.29 is 4.39 Å². The van der Waals surface area contributed by atoms with Crippen LogP contribution in [0.15, 0.2) is 33.3 Å². The molecule has 2 N–H and O–H groups in total. The lowest BCUT2D eigenvalue weighted by Gasteiger charge is -2.10. The fourth-order valence-corrected chi connectivity index (χ4v) is 2.07. The highest BCUT2D eigenvalue weighted by atomic mass is 79.9. The molecule has 0 spiro atoms. The molecule has 19 heavy (non-hydrogen) atoms. The van der Waals surface area contributed by atoms with Crippen molar-refractivity contribution in [3.8, 4) is 0 Å². The number of nitrogens with zero attached hydrogens (tertiary/aromatic N) is 2. The van der Waals surface area contributed by atoms with Gasteiger partial charge in [0.15, 0.2) is 0 Å². The van der Waals surface area contributed by atoms with E-state index in [-0.39, 0.29) is 5.82 Å². The quantitative estimate of drug-likeness (QED) is 0.817. The van der Waals surface area contributed by atoms with Crippen LogP contribution in [-0.4, -0.2) is 16.5 Å². The summed E-state index contributed by atoms with van der Waals surface area (Å²) in [6.45, 7) is 2.67. The van der Waals surface area contributed by atoms with Gasteiger partial charge < -0.3 is 10.6 Å². The van der Waals surface area contributed by atoms with Gasteiger partial charge in [-0.15, -0.1) is 0 Å². The fraction of sp³-hybridized carbons (Fsp3) is 0.167. The van der Waals surface area contributed by atoms with Gasteiger partial charge in [-0.05, 0) is 41.1 Å². The standard InChI is InChI=1S/C12H11Br2FN4/c1-2-16-12-17-6-8(14)11(19-12)18-10-5-7(13)3-4-9(10)15/h3-6H,2H2,1H3,(H2,16,17,18,19). The van der Waals surface area contributed by atoms with Crippen LogP contribution < -0.4 is 10.6 Å². The van der Waals surface area contributed by atoms with E-state index in [0.717, 1.165) is 4.47 Å². The Morgan fingerprint density at radius 3 is 2.84 bits per heavy atom. The minimum absolute atomic E-state index is 0.344. The maximum atomic E-state index is 13.7. The summed E-state index contributed by atoms with van der Waals surface area (Å²) in [7, 11) is 0. The molecule has 1 aromatic carbocycles. The van der Waals surface area contributed by atoms with Gasteiger partial charge in [-0.25, -0.2) is 9.37 Å². The first-order chi connectivity index (χ1) is 9.10. The van der Waals surface area contributed by atoms with E-state index in [1.54, 1.807) is 18.3 Å². The van der Waals surface area contributed by atoms with E-state index in [4.69, 9.17) is 0 Å². The average molecular weight is 390 g/mol. The second-order valence-corrected chi connectivity index (χ2v) is 5.44. The zero-order valence-corrected chi connectivity index (χ0v) is 13.2. The normalized spacial score (nSPS) is 10.3. The molecular weight excluding hydrogens is 379 g/mol. The first-order valence-electron chi connectivity index (χ1n) is 5.58. The topological polar surface area (TPSA) is 49.8 Å². The Balaban J connectivity index is 2.31. The molecule has 1 heterocycles. The maximum Gasteiger partial charge on any atom is 0.224 e. The Labute approximate surface area is 127 Å². The Kier molecular flexibility index (Phi) is 4.71. The van der Waals surface area contributed by atoms with Gasteiger partial charge in [-0.2, -0.15) is 4.98 Å². The van der Waals surface area contributed by atoms with E-state index in [0.29, 0.717) is 28.5 Å². The van der Waals surface area contributed by atoms with Crippen LogP contribution in [0.25, 0.3) is 0 Å². The summed E-state index contributed by atoms with van der Waals surface area (Å²) in [5, 5.41) is 5.94. The van der Waals surface area contributed by atoms with Crippen LogP contribution in [0.5, 0.6) is 0 Å². The average Bonchev–Trinajstić information content (AvgIpc) is 2.38. The third kappa shape index (κ3) is 3.63. The molecule has 0 unspecified atom stereocenters. The third-order valence-corrected chi connectivity index (χ3v) is 3.33. The molecule has 0 aliphatic rings. The summed E-state index contributed by atoms with van der Waals surface area (Å²) in [6, 6.07) is 4.67.